The van der Waals surface area contributed by atoms with Gasteiger partial charge in [-0.15, -0.1) is 0 Å². The number of aliphatic carboxylic acids is 1. The van der Waals surface area contributed by atoms with Crippen LogP contribution in [0.2, 0.25) is 0 Å². The highest BCUT2D eigenvalue weighted by atomic mass is 19.1. The van der Waals surface area contributed by atoms with E-state index in [-0.39, 0.29) is 37.2 Å². The standard InChI is InChI=1S/C22H19FN2O3.C19H14N2O2/c23-18-6-8-19(9-7-18)24-11-10-17(14-24)13-21(26)25-20(15-28-22(25)27)12-16-4-2-1-3-5-16;20-12-14-1-3-16(4-2-14)17-5-7-18(8-6-17)21-10-9-15(13-21)11-19(22)23/h1-11,14,20H,12-13,15H2;1-10,13H,11H2,(H,22,23)/t20-;/m0./s1. The number of imide groups is 1. The van der Waals surface area contributed by atoms with Crippen molar-refractivity contribution in [3.8, 4) is 28.6 Å². The summed E-state index contributed by atoms with van der Waals surface area (Å²) in [4.78, 5) is 36.8. The normalized spacial score (nSPS) is 13.5. The van der Waals surface area contributed by atoms with Crippen LogP contribution in [0.1, 0.15) is 22.3 Å². The topological polar surface area (TPSA) is 118 Å². The number of ether oxygens (including phenoxy) is 1. The van der Waals surface area contributed by atoms with Crippen molar-refractivity contribution in [2.45, 2.75) is 25.3 Å². The molecule has 6 aromatic rings. The van der Waals surface area contributed by atoms with Gasteiger partial charge in [0.05, 0.1) is 30.5 Å². The van der Waals surface area contributed by atoms with Gasteiger partial charge in [-0.2, -0.15) is 5.26 Å². The summed E-state index contributed by atoms with van der Waals surface area (Å²) in [5.74, 6) is -1.43. The summed E-state index contributed by atoms with van der Waals surface area (Å²) in [5, 5.41) is 17.6. The van der Waals surface area contributed by atoms with Crippen LogP contribution in [-0.2, 0) is 33.6 Å². The molecule has 9 nitrogen and oxygen atoms in total. The van der Waals surface area contributed by atoms with Crippen molar-refractivity contribution < 1.29 is 28.6 Å². The number of hydrogen-bond acceptors (Lipinski definition) is 5. The van der Waals surface area contributed by atoms with Crippen molar-refractivity contribution in [1.82, 2.24) is 14.0 Å². The first-order chi connectivity index (χ1) is 24.7. The number of nitriles is 1. The molecule has 0 spiro atoms. The highest BCUT2D eigenvalue weighted by Gasteiger charge is 2.37. The van der Waals surface area contributed by atoms with Gasteiger partial charge in [-0.1, -0.05) is 54.6 Å². The fourth-order valence-electron chi connectivity index (χ4n) is 5.83. The lowest BCUT2D eigenvalue weighted by molar-refractivity contribution is -0.136. The molecule has 1 saturated heterocycles. The van der Waals surface area contributed by atoms with Crippen LogP contribution in [0.15, 0.2) is 140 Å². The summed E-state index contributed by atoms with van der Waals surface area (Å²) in [7, 11) is 0. The zero-order chi connectivity index (χ0) is 35.7. The minimum Gasteiger partial charge on any atom is -0.481 e. The first kappa shape index (κ1) is 34.1. The molecule has 0 bridgehead atoms. The van der Waals surface area contributed by atoms with Crippen molar-refractivity contribution in [1.29, 1.82) is 5.26 Å². The Kier molecular flexibility index (Phi) is 10.5. The number of carboxylic acid groups (broad SMARTS) is 1. The largest absolute Gasteiger partial charge is 0.481 e. The smallest absolute Gasteiger partial charge is 0.416 e. The second-order valence-electron chi connectivity index (χ2n) is 12.0. The van der Waals surface area contributed by atoms with Gasteiger partial charge in [0.1, 0.15) is 12.4 Å². The van der Waals surface area contributed by atoms with Crippen LogP contribution in [0.4, 0.5) is 9.18 Å². The Bertz CT molecular complexity index is 2170. The number of carbonyl (C=O) groups excluding carboxylic acids is 2. The molecule has 1 atom stereocenters. The van der Waals surface area contributed by atoms with E-state index in [1.165, 1.54) is 17.0 Å². The Morgan fingerprint density at radius 1 is 0.745 bits per heavy atom. The Morgan fingerprint density at radius 2 is 1.29 bits per heavy atom. The number of cyclic esters (lactones) is 1. The van der Waals surface area contributed by atoms with Crippen molar-refractivity contribution in [2.24, 2.45) is 0 Å². The molecule has 3 heterocycles. The monoisotopic (exact) mass is 680 g/mol. The molecule has 51 heavy (non-hydrogen) atoms. The van der Waals surface area contributed by atoms with Crippen LogP contribution in [0.25, 0.3) is 22.5 Å². The first-order valence-electron chi connectivity index (χ1n) is 16.2. The molecular weight excluding hydrogens is 647 g/mol. The van der Waals surface area contributed by atoms with Crippen LogP contribution in [0.3, 0.4) is 0 Å². The molecule has 1 aliphatic heterocycles. The molecule has 2 aromatic heterocycles. The third kappa shape index (κ3) is 8.66. The highest BCUT2D eigenvalue weighted by molar-refractivity contribution is 5.94. The SMILES string of the molecule is N#Cc1ccc(-c2ccc(-n3ccc(CC(=O)O)c3)cc2)cc1.O=C(Cc1ccn(-c2ccc(F)cc2)c1)N1C(=O)OC[C@@H]1Cc1ccccc1. The second kappa shape index (κ2) is 15.7. The average Bonchev–Trinajstić information content (AvgIpc) is 3.90. The zero-order valence-corrected chi connectivity index (χ0v) is 27.4. The molecule has 0 saturated carbocycles. The van der Waals surface area contributed by atoms with Crippen molar-refractivity contribution in [3.63, 3.8) is 0 Å². The summed E-state index contributed by atoms with van der Waals surface area (Å²) in [6.07, 6.45) is 7.38. The molecule has 1 N–H and O–H groups in total. The molecule has 1 fully saturated rings. The van der Waals surface area contributed by atoms with E-state index < -0.39 is 12.1 Å². The number of carbonyl (C=O) groups is 3. The van der Waals surface area contributed by atoms with E-state index >= 15 is 0 Å². The van der Waals surface area contributed by atoms with Gasteiger partial charge in [0.25, 0.3) is 0 Å². The molecule has 0 aliphatic carbocycles. The first-order valence-corrected chi connectivity index (χ1v) is 16.2. The van der Waals surface area contributed by atoms with Gasteiger partial charge in [0.15, 0.2) is 0 Å². The van der Waals surface area contributed by atoms with Gasteiger partial charge in [0.2, 0.25) is 5.91 Å². The minimum atomic E-state index is -0.834. The Hall–Kier alpha value is -6.73. The Labute approximate surface area is 294 Å². The summed E-state index contributed by atoms with van der Waals surface area (Å²) in [6.45, 7) is 0.204. The predicted octanol–water partition coefficient (Wildman–Crippen LogP) is 7.39. The second-order valence-corrected chi connectivity index (χ2v) is 12.0. The van der Waals surface area contributed by atoms with Crippen LogP contribution in [-0.4, -0.2) is 49.8 Å². The van der Waals surface area contributed by atoms with Crippen LogP contribution >= 0.6 is 0 Å². The maximum atomic E-state index is 13.1. The van der Waals surface area contributed by atoms with E-state index in [0.29, 0.717) is 12.0 Å². The lowest BCUT2D eigenvalue weighted by Gasteiger charge is -2.19. The van der Waals surface area contributed by atoms with Gasteiger partial charge in [-0.05, 0) is 94.9 Å². The molecule has 7 rings (SSSR count). The summed E-state index contributed by atoms with van der Waals surface area (Å²) in [5.41, 5.74) is 7.11. The quantitative estimate of drug-likeness (QED) is 0.170. The number of hydrogen-bond donors (Lipinski definition) is 1. The average molecular weight is 681 g/mol. The van der Waals surface area contributed by atoms with E-state index in [1.54, 1.807) is 36.7 Å². The van der Waals surface area contributed by atoms with Crippen LogP contribution in [0, 0.1) is 17.1 Å². The lowest BCUT2D eigenvalue weighted by atomic mass is 10.0. The lowest BCUT2D eigenvalue weighted by Crippen LogP contribution is -2.41. The molecule has 10 heteroatoms. The van der Waals surface area contributed by atoms with Crippen molar-refractivity contribution >= 4 is 18.0 Å². The zero-order valence-electron chi connectivity index (χ0n) is 27.4. The number of amides is 2. The fraction of sp³-hybridized carbons (Fsp3) is 0.122. The number of halogens is 1. The molecule has 0 radical (unpaired) electrons. The summed E-state index contributed by atoms with van der Waals surface area (Å²) in [6, 6.07) is 36.7. The molecule has 254 valence electrons. The Morgan fingerprint density at radius 3 is 1.86 bits per heavy atom. The summed E-state index contributed by atoms with van der Waals surface area (Å²) < 4.78 is 21.9. The fourth-order valence-corrected chi connectivity index (χ4v) is 5.83. The van der Waals surface area contributed by atoms with Crippen LogP contribution < -0.4 is 0 Å². The minimum absolute atomic E-state index is 0.0241. The summed E-state index contributed by atoms with van der Waals surface area (Å²) >= 11 is 0. The highest BCUT2D eigenvalue weighted by Crippen LogP contribution is 2.23. The predicted molar refractivity (Wildman–Crippen MR) is 189 cm³/mol. The maximum absolute atomic E-state index is 13.1. The van der Waals surface area contributed by atoms with Crippen molar-refractivity contribution in [3.05, 3.63) is 168 Å². The van der Waals surface area contributed by atoms with E-state index in [0.717, 1.165) is 39.2 Å². The number of benzene rings is 4. The van der Waals surface area contributed by atoms with Gasteiger partial charge in [-0.25, -0.2) is 14.1 Å². The number of rotatable bonds is 9. The van der Waals surface area contributed by atoms with E-state index in [2.05, 4.69) is 6.07 Å². The van der Waals surface area contributed by atoms with Gasteiger partial charge < -0.3 is 19.0 Å². The number of nitrogens with zero attached hydrogens (tertiary/aromatic N) is 4. The van der Waals surface area contributed by atoms with Gasteiger partial charge in [-0.3, -0.25) is 9.59 Å². The van der Waals surface area contributed by atoms with E-state index in [1.807, 2.05) is 100 Å². The molecular formula is C41H33FN4O5. The molecule has 1 aliphatic rings. The van der Waals surface area contributed by atoms with Crippen molar-refractivity contribution in [2.75, 3.05) is 6.61 Å². The van der Waals surface area contributed by atoms with E-state index in [4.69, 9.17) is 15.1 Å². The van der Waals surface area contributed by atoms with E-state index in [9.17, 15) is 18.8 Å². The van der Waals surface area contributed by atoms with Crippen LogP contribution in [0.5, 0.6) is 0 Å². The van der Waals surface area contributed by atoms with Gasteiger partial charge in [0, 0.05) is 36.2 Å². The molecule has 2 amide bonds. The molecule has 0 unspecified atom stereocenters. The molecule has 4 aromatic carbocycles. The maximum Gasteiger partial charge on any atom is 0.416 e. The number of carboxylic acids is 1. The number of aromatic nitrogens is 2. The Balaban J connectivity index is 0.000000179. The third-order valence-electron chi connectivity index (χ3n) is 8.40. The van der Waals surface area contributed by atoms with Gasteiger partial charge >= 0.3 is 12.1 Å². The third-order valence-corrected chi connectivity index (χ3v) is 8.40.